The predicted octanol–water partition coefficient (Wildman–Crippen LogP) is 4.13. The molecule has 3 rings (SSSR count). The van der Waals surface area contributed by atoms with Gasteiger partial charge in [-0.3, -0.25) is 4.79 Å². The van der Waals surface area contributed by atoms with Crippen LogP contribution in [0, 0.1) is 13.8 Å². The monoisotopic (exact) mass is 339 g/mol. The Bertz CT molecular complexity index is 878. The van der Waals surface area contributed by atoms with Gasteiger partial charge in [-0.25, -0.2) is 0 Å². The van der Waals surface area contributed by atoms with Crippen LogP contribution < -0.4 is 4.74 Å². The van der Waals surface area contributed by atoms with Gasteiger partial charge in [0.25, 0.3) is 0 Å². The number of hydrogen-bond donors (Lipinski definition) is 0. The molecular formula is C20H21NO4. The van der Waals surface area contributed by atoms with Crippen LogP contribution in [0.1, 0.15) is 29.0 Å². The third-order valence-electron chi connectivity index (χ3n) is 4.27. The number of aromatic nitrogens is 1. The fraction of sp³-hybridized carbons (Fsp3) is 0.300. The molecule has 130 valence electrons. The molecule has 0 unspecified atom stereocenters. The third-order valence-corrected chi connectivity index (χ3v) is 4.27. The molecule has 25 heavy (non-hydrogen) atoms. The normalized spacial score (nSPS) is 10.8. The van der Waals surface area contributed by atoms with E-state index in [9.17, 15) is 4.79 Å². The average molecular weight is 339 g/mol. The number of fused-ring (bicyclic) bond motifs is 1. The molecule has 0 radical (unpaired) electrons. The summed E-state index contributed by atoms with van der Waals surface area (Å²) in [5.41, 5.74) is 2.77. The summed E-state index contributed by atoms with van der Waals surface area (Å²) in [4.78, 5) is 12.0. The zero-order valence-electron chi connectivity index (χ0n) is 14.7. The molecule has 0 aliphatic rings. The van der Waals surface area contributed by atoms with Gasteiger partial charge in [0, 0.05) is 12.0 Å². The molecule has 0 bridgehead atoms. The van der Waals surface area contributed by atoms with Crippen molar-refractivity contribution in [2.75, 3.05) is 7.11 Å². The Balaban J connectivity index is 1.57. The number of nitrogens with zero attached hydrogens (tertiary/aromatic N) is 1. The number of hydrogen-bond acceptors (Lipinski definition) is 5. The zero-order chi connectivity index (χ0) is 17.8. The van der Waals surface area contributed by atoms with Crippen LogP contribution in [0.3, 0.4) is 0 Å². The average Bonchev–Trinajstić information content (AvgIpc) is 2.95. The summed E-state index contributed by atoms with van der Waals surface area (Å²) in [5, 5.41) is 6.07. The predicted molar refractivity (Wildman–Crippen MR) is 94.6 cm³/mol. The van der Waals surface area contributed by atoms with Crippen LogP contribution >= 0.6 is 0 Å². The van der Waals surface area contributed by atoms with E-state index in [1.54, 1.807) is 7.11 Å². The number of rotatable bonds is 6. The van der Waals surface area contributed by atoms with Crippen LogP contribution in [-0.2, 0) is 22.6 Å². The number of esters is 1. The van der Waals surface area contributed by atoms with Crippen molar-refractivity contribution in [3.8, 4) is 5.75 Å². The lowest BCUT2D eigenvalue weighted by Crippen LogP contribution is -2.06. The highest BCUT2D eigenvalue weighted by Gasteiger charge is 2.12. The molecule has 0 fully saturated rings. The maximum absolute atomic E-state index is 12.0. The van der Waals surface area contributed by atoms with Gasteiger partial charge in [0.2, 0.25) is 0 Å². The molecule has 0 N–H and O–H groups in total. The van der Waals surface area contributed by atoms with E-state index in [1.807, 2.05) is 50.2 Å². The van der Waals surface area contributed by atoms with E-state index in [0.29, 0.717) is 12.8 Å². The molecule has 0 aliphatic carbocycles. The molecule has 0 saturated carbocycles. The maximum Gasteiger partial charge on any atom is 0.306 e. The minimum Gasteiger partial charge on any atom is -0.497 e. The van der Waals surface area contributed by atoms with E-state index < -0.39 is 0 Å². The maximum atomic E-state index is 12.0. The van der Waals surface area contributed by atoms with Gasteiger partial charge in [-0.2, -0.15) is 0 Å². The second kappa shape index (κ2) is 7.38. The molecule has 0 aliphatic heterocycles. The second-order valence-corrected chi connectivity index (χ2v) is 6.01. The van der Waals surface area contributed by atoms with Crippen molar-refractivity contribution in [1.29, 1.82) is 0 Å². The topological polar surface area (TPSA) is 61.6 Å². The Hall–Kier alpha value is -2.82. The Labute approximate surface area is 146 Å². The lowest BCUT2D eigenvalue weighted by Gasteiger charge is -2.07. The zero-order valence-corrected chi connectivity index (χ0v) is 14.7. The van der Waals surface area contributed by atoms with Gasteiger partial charge in [-0.1, -0.05) is 23.4 Å². The van der Waals surface area contributed by atoms with Gasteiger partial charge >= 0.3 is 5.97 Å². The molecule has 1 heterocycles. The summed E-state index contributed by atoms with van der Waals surface area (Å²) in [5.74, 6) is 1.36. The summed E-state index contributed by atoms with van der Waals surface area (Å²) in [6, 6.07) is 11.9. The van der Waals surface area contributed by atoms with Crippen molar-refractivity contribution in [3.63, 3.8) is 0 Å². The Morgan fingerprint density at radius 3 is 2.60 bits per heavy atom. The van der Waals surface area contributed by atoms with E-state index in [2.05, 4.69) is 5.16 Å². The first-order valence-electron chi connectivity index (χ1n) is 8.21. The highest BCUT2D eigenvalue weighted by Crippen LogP contribution is 2.22. The van der Waals surface area contributed by atoms with Crippen molar-refractivity contribution in [1.82, 2.24) is 5.16 Å². The molecule has 5 nitrogen and oxygen atoms in total. The number of benzene rings is 2. The number of carbonyl (C=O) groups excluding carboxylic acids is 1. The molecule has 2 aromatic carbocycles. The molecule has 3 aromatic rings. The molecule has 5 heteroatoms. The summed E-state index contributed by atoms with van der Waals surface area (Å²) in [7, 11) is 1.65. The summed E-state index contributed by atoms with van der Waals surface area (Å²) >= 11 is 0. The number of methoxy groups -OCH3 is 1. The number of carbonyl (C=O) groups is 1. The van der Waals surface area contributed by atoms with Crippen LogP contribution in [0.4, 0.5) is 0 Å². The van der Waals surface area contributed by atoms with Crippen molar-refractivity contribution >= 4 is 16.7 Å². The highest BCUT2D eigenvalue weighted by molar-refractivity contribution is 5.84. The van der Waals surface area contributed by atoms with Crippen LogP contribution in [0.5, 0.6) is 5.75 Å². The second-order valence-electron chi connectivity index (χ2n) is 6.01. The van der Waals surface area contributed by atoms with E-state index in [0.717, 1.165) is 39.1 Å². The molecular weight excluding hydrogens is 318 g/mol. The largest absolute Gasteiger partial charge is 0.497 e. The summed E-state index contributed by atoms with van der Waals surface area (Å²) in [6.45, 7) is 3.99. The lowest BCUT2D eigenvalue weighted by molar-refractivity contribution is -0.144. The van der Waals surface area contributed by atoms with Crippen molar-refractivity contribution < 1.29 is 18.8 Å². The van der Waals surface area contributed by atoms with Crippen molar-refractivity contribution in [2.24, 2.45) is 0 Å². The van der Waals surface area contributed by atoms with Crippen LogP contribution in [0.15, 0.2) is 40.9 Å². The van der Waals surface area contributed by atoms with Gasteiger partial charge in [-0.05, 0) is 54.8 Å². The minimum absolute atomic E-state index is 0.227. The molecule has 0 atom stereocenters. The first-order chi connectivity index (χ1) is 12.1. The fourth-order valence-corrected chi connectivity index (χ4v) is 2.81. The first kappa shape index (κ1) is 17.0. The summed E-state index contributed by atoms with van der Waals surface area (Å²) in [6.07, 6.45) is 0.894. The van der Waals surface area contributed by atoms with Crippen LogP contribution in [0.2, 0.25) is 0 Å². The van der Waals surface area contributed by atoms with Crippen molar-refractivity contribution in [2.45, 2.75) is 33.3 Å². The summed E-state index contributed by atoms with van der Waals surface area (Å²) < 4.78 is 15.7. The van der Waals surface area contributed by atoms with Gasteiger partial charge in [-0.15, -0.1) is 0 Å². The molecule has 1 aromatic heterocycles. The number of ether oxygens (including phenoxy) is 2. The third kappa shape index (κ3) is 3.99. The standard InChI is InChI=1S/C20H21NO4/c1-13-19(14(2)25-21-13)8-9-20(22)24-12-15-4-5-17-11-18(23-3)7-6-16(17)10-15/h4-7,10-11H,8-9,12H2,1-3H3. The van der Waals surface area contributed by atoms with Gasteiger partial charge in [0.15, 0.2) is 0 Å². The van der Waals surface area contributed by atoms with Gasteiger partial charge in [0.1, 0.15) is 18.1 Å². The molecule has 0 saturated heterocycles. The van der Waals surface area contributed by atoms with E-state index >= 15 is 0 Å². The molecule has 0 spiro atoms. The quantitative estimate of drug-likeness (QED) is 0.632. The van der Waals surface area contributed by atoms with E-state index in [1.165, 1.54) is 0 Å². The van der Waals surface area contributed by atoms with E-state index in [4.69, 9.17) is 14.0 Å². The smallest absolute Gasteiger partial charge is 0.306 e. The first-order valence-corrected chi connectivity index (χ1v) is 8.21. The highest BCUT2D eigenvalue weighted by atomic mass is 16.5. The van der Waals surface area contributed by atoms with Crippen LogP contribution in [0.25, 0.3) is 10.8 Å². The molecule has 0 amide bonds. The van der Waals surface area contributed by atoms with Crippen LogP contribution in [-0.4, -0.2) is 18.2 Å². The van der Waals surface area contributed by atoms with Gasteiger partial charge in [0.05, 0.1) is 12.8 Å². The Morgan fingerprint density at radius 2 is 1.88 bits per heavy atom. The minimum atomic E-state index is -0.227. The Kier molecular flexibility index (Phi) is 5.03. The van der Waals surface area contributed by atoms with Crippen molar-refractivity contribution in [3.05, 3.63) is 59.0 Å². The fourth-order valence-electron chi connectivity index (χ4n) is 2.81. The van der Waals surface area contributed by atoms with E-state index in [-0.39, 0.29) is 12.6 Å². The Morgan fingerprint density at radius 1 is 1.12 bits per heavy atom. The number of aryl methyl sites for hydroxylation is 2. The van der Waals surface area contributed by atoms with Gasteiger partial charge < -0.3 is 14.0 Å². The lowest BCUT2D eigenvalue weighted by atomic mass is 10.1. The SMILES string of the molecule is COc1ccc2cc(COC(=O)CCc3c(C)noc3C)ccc2c1.